The number of halogens is 1. The maximum absolute atomic E-state index is 13.8. The van der Waals surface area contributed by atoms with Crippen molar-refractivity contribution >= 4 is 34.0 Å². The van der Waals surface area contributed by atoms with Gasteiger partial charge in [-0.05, 0) is 60.2 Å². The van der Waals surface area contributed by atoms with Crippen LogP contribution in [0.1, 0.15) is 59.3 Å². The summed E-state index contributed by atoms with van der Waals surface area (Å²) in [6.45, 7) is 0.564. The number of carboxylic acids is 1. The Hall–Kier alpha value is -3.26. The molecule has 1 amide bonds. The second kappa shape index (κ2) is 11.2. The van der Waals surface area contributed by atoms with E-state index in [1.807, 2.05) is 12.1 Å². The molecule has 0 spiro atoms. The minimum absolute atomic E-state index is 0.176. The topological polar surface area (TPSA) is 91.3 Å². The van der Waals surface area contributed by atoms with E-state index in [1.165, 1.54) is 43.1 Å². The van der Waals surface area contributed by atoms with E-state index in [9.17, 15) is 14.0 Å². The average Bonchev–Trinajstić information content (AvgIpc) is 3.49. The van der Waals surface area contributed by atoms with Gasteiger partial charge in [0.05, 0.1) is 12.1 Å². The molecule has 0 atom stereocenters. The highest BCUT2D eigenvalue weighted by Crippen LogP contribution is 2.30. The molecule has 1 aliphatic carbocycles. The molecule has 6 nitrogen and oxygen atoms in total. The minimum atomic E-state index is -0.964. The van der Waals surface area contributed by atoms with Crippen LogP contribution in [-0.4, -0.2) is 22.0 Å². The minimum Gasteiger partial charge on any atom is -0.481 e. The molecule has 8 heteroatoms. The number of benzene rings is 2. The Morgan fingerprint density at radius 1 is 1.12 bits per heavy atom. The molecular formula is C26H28FN3O3S. The lowest BCUT2D eigenvalue weighted by Gasteiger charge is -2.15. The molecule has 0 aliphatic heterocycles. The lowest BCUT2D eigenvalue weighted by atomic mass is 9.97. The number of hydrogen-bond donors (Lipinski definition) is 3. The van der Waals surface area contributed by atoms with Crippen LogP contribution in [0.5, 0.6) is 0 Å². The Labute approximate surface area is 202 Å². The number of rotatable bonds is 10. The molecule has 1 fully saturated rings. The van der Waals surface area contributed by atoms with Crippen LogP contribution >= 0.6 is 11.3 Å². The van der Waals surface area contributed by atoms with Crippen LogP contribution in [-0.2, 0) is 24.2 Å². The van der Waals surface area contributed by atoms with Gasteiger partial charge >= 0.3 is 5.97 Å². The quantitative estimate of drug-likeness (QED) is 0.336. The van der Waals surface area contributed by atoms with Crippen LogP contribution < -0.4 is 10.6 Å². The lowest BCUT2D eigenvalue weighted by Crippen LogP contribution is -2.12. The second-order valence-electron chi connectivity index (χ2n) is 8.71. The van der Waals surface area contributed by atoms with Crippen molar-refractivity contribution < 1.29 is 19.1 Å². The summed E-state index contributed by atoms with van der Waals surface area (Å²) < 4.78 is 13.8. The van der Waals surface area contributed by atoms with Crippen LogP contribution in [0.25, 0.3) is 0 Å². The Bertz CT molecular complexity index is 1140. The molecule has 0 radical (unpaired) electrons. The number of aliphatic carboxylic acids is 1. The standard InChI is InChI=1S/C26H28FN3O3S/c27-21-11-12-23(20(13-21)10-5-17-3-1-2-4-17)28-15-18-6-8-19(9-7-18)25(33)30-26-29-22(16-34-26)14-24(31)32/h6-9,11-13,16-17,28H,1-5,10,14-15H2,(H,31,32)(H,29,30,33). The number of anilines is 2. The van der Waals surface area contributed by atoms with E-state index >= 15 is 0 Å². The van der Waals surface area contributed by atoms with Crippen molar-refractivity contribution in [2.75, 3.05) is 10.6 Å². The molecule has 2 aromatic carbocycles. The van der Waals surface area contributed by atoms with Crippen LogP contribution in [0, 0.1) is 11.7 Å². The maximum atomic E-state index is 13.8. The van der Waals surface area contributed by atoms with Crippen molar-refractivity contribution in [1.82, 2.24) is 4.98 Å². The first kappa shape index (κ1) is 23.9. The van der Waals surface area contributed by atoms with E-state index in [0.29, 0.717) is 22.9 Å². The summed E-state index contributed by atoms with van der Waals surface area (Å²) in [4.78, 5) is 27.4. The molecule has 0 saturated heterocycles. The SMILES string of the molecule is O=C(O)Cc1csc(NC(=O)c2ccc(CNc3ccc(F)cc3CCC3CCCC3)cc2)n1. The smallest absolute Gasteiger partial charge is 0.309 e. The second-order valence-corrected chi connectivity index (χ2v) is 9.57. The van der Waals surface area contributed by atoms with Crippen LogP contribution in [0.2, 0.25) is 0 Å². The first-order valence-corrected chi connectivity index (χ1v) is 12.4. The molecule has 4 rings (SSSR count). The third-order valence-electron chi connectivity index (χ3n) is 6.17. The van der Waals surface area contributed by atoms with Crippen LogP contribution in [0.4, 0.5) is 15.2 Å². The van der Waals surface area contributed by atoms with E-state index in [2.05, 4.69) is 15.6 Å². The fourth-order valence-corrected chi connectivity index (χ4v) is 5.05. The van der Waals surface area contributed by atoms with E-state index < -0.39 is 5.97 Å². The molecule has 1 saturated carbocycles. The zero-order valence-corrected chi connectivity index (χ0v) is 19.7. The van der Waals surface area contributed by atoms with Gasteiger partial charge < -0.3 is 10.4 Å². The summed E-state index contributed by atoms with van der Waals surface area (Å²) in [6.07, 6.45) is 6.97. The highest BCUT2D eigenvalue weighted by molar-refractivity contribution is 7.14. The highest BCUT2D eigenvalue weighted by Gasteiger charge is 2.16. The van der Waals surface area contributed by atoms with Gasteiger partial charge in [-0.3, -0.25) is 14.9 Å². The van der Waals surface area contributed by atoms with E-state index in [4.69, 9.17) is 5.11 Å². The number of nitrogens with zero attached hydrogens (tertiary/aromatic N) is 1. The zero-order chi connectivity index (χ0) is 23.9. The molecule has 34 heavy (non-hydrogen) atoms. The normalized spacial score (nSPS) is 13.7. The van der Waals surface area contributed by atoms with Crippen molar-refractivity contribution in [2.45, 2.75) is 51.5 Å². The number of aromatic nitrogens is 1. The van der Waals surface area contributed by atoms with Crippen molar-refractivity contribution in [3.63, 3.8) is 0 Å². The van der Waals surface area contributed by atoms with Gasteiger partial charge in [-0.1, -0.05) is 37.8 Å². The summed E-state index contributed by atoms with van der Waals surface area (Å²) in [5.74, 6) is -0.724. The highest BCUT2D eigenvalue weighted by atomic mass is 32.1. The molecule has 0 bridgehead atoms. The van der Waals surface area contributed by atoms with Crippen LogP contribution in [0.15, 0.2) is 47.8 Å². The van der Waals surface area contributed by atoms with E-state index in [-0.39, 0.29) is 18.1 Å². The summed E-state index contributed by atoms with van der Waals surface area (Å²) in [6, 6.07) is 12.1. The van der Waals surface area contributed by atoms with Crippen molar-refractivity contribution in [1.29, 1.82) is 0 Å². The van der Waals surface area contributed by atoms with Gasteiger partial charge in [-0.15, -0.1) is 11.3 Å². The predicted octanol–water partition coefficient (Wildman–Crippen LogP) is 5.90. The Morgan fingerprint density at radius 2 is 1.88 bits per heavy atom. The Kier molecular flexibility index (Phi) is 7.90. The molecule has 3 N–H and O–H groups in total. The molecule has 1 aromatic heterocycles. The van der Waals surface area contributed by atoms with E-state index in [0.717, 1.165) is 35.6 Å². The van der Waals surface area contributed by atoms with Gasteiger partial charge in [-0.2, -0.15) is 0 Å². The fraction of sp³-hybridized carbons (Fsp3) is 0.346. The Balaban J connectivity index is 1.32. The number of carboxylic acid groups (broad SMARTS) is 1. The zero-order valence-electron chi connectivity index (χ0n) is 18.9. The van der Waals surface area contributed by atoms with Gasteiger partial charge in [0.1, 0.15) is 5.82 Å². The molecule has 1 heterocycles. The molecule has 1 aliphatic rings. The monoisotopic (exact) mass is 481 g/mol. The van der Waals surface area contributed by atoms with Gasteiger partial charge in [-0.25, -0.2) is 9.37 Å². The van der Waals surface area contributed by atoms with Gasteiger partial charge in [0, 0.05) is 23.2 Å². The van der Waals surface area contributed by atoms with Gasteiger partial charge in [0.2, 0.25) is 0 Å². The summed E-state index contributed by atoms with van der Waals surface area (Å²) in [5.41, 5.74) is 3.85. The third-order valence-corrected chi connectivity index (χ3v) is 6.97. The van der Waals surface area contributed by atoms with Crippen molar-refractivity contribution in [3.05, 3.63) is 76.0 Å². The fourth-order valence-electron chi connectivity index (χ4n) is 4.34. The molecular weight excluding hydrogens is 453 g/mol. The first-order valence-electron chi connectivity index (χ1n) is 11.5. The van der Waals surface area contributed by atoms with Crippen molar-refractivity contribution in [3.8, 4) is 0 Å². The molecule has 178 valence electrons. The number of carbonyl (C=O) groups excluding carboxylic acids is 1. The van der Waals surface area contributed by atoms with Crippen LogP contribution in [0.3, 0.4) is 0 Å². The largest absolute Gasteiger partial charge is 0.481 e. The molecule has 0 unspecified atom stereocenters. The number of nitrogens with one attached hydrogen (secondary N) is 2. The Morgan fingerprint density at radius 3 is 2.62 bits per heavy atom. The number of hydrogen-bond acceptors (Lipinski definition) is 5. The van der Waals surface area contributed by atoms with Crippen molar-refractivity contribution in [2.24, 2.45) is 5.92 Å². The maximum Gasteiger partial charge on any atom is 0.309 e. The molecule has 3 aromatic rings. The number of thiazole rings is 1. The van der Waals surface area contributed by atoms with Gasteiger partial charge in [0.25, 0.3) is 5.91 Å². The number of carbonyl (C=O) groups is 2. The number of aryl methyl sites for hydroxylation is 1. The lowest BCUT2D eigenvalue weighted by molar-refractivity contribution is -0.136. The summed E-state index contributed by atoms with van der Waals surface area (Å²) >= 11 is 1.19. The summed E-state index contributed by atoms with van der Waals surface area (Å²) in [5, 5.41) is 16.9. The number of amides is 1. The first-order chi connectivity index (χ1) is 16.5. The van der Waals surface area contributed by atoms with Gasteiger partial charge in [0.15, 0.2) is 5.13 Å². The summed E-state index contributed by atoms with van der Waals surface area (Å²) in [7, 11) is 0. The van der Waals surface area contributed by atoms with E-state index in [1.54, 1.807) is 29.6 Å². The predicted molar refractivity (Wildman–Crippen MR) is 132 cm³/mol. The average molecular weight is 482 g/mol. The third kappa shape index (κ3) is 6.63.